The second-order valence-electron chi connectivity index (χ2n) is 12.2. The summed E-state index contributed by atoms with van der Waals surface area (Å²) in [5.74, 6) is -4.80. The molecule has 280 valence electrons. The van der Waals surface area contributed by atoms with Crippen molar-refractivity contribution in [3.8, 4) is 11.1 Å². The van der Waals surface area contributed by atoms with Gasteiger partial charge in [0.15, 0.2) is 11.6 Å². The van der Waals surface area contributed by atoms with Crippen LogP contribution in [0.25, 0.3) is 11.1 Å². The number of nitrogens with zero attached hydrogens (tertiary/aromatic N) is 3. The molecular weight excluding hydrogens is 710 g/mol. The molecule has 0 aromatic heterocycles. The van der Waals surface area contributed by atoms with Gasteiger partial charge in [-0.15, -0.1) is 11.8 Å². The summed E-state index contributed by atoms with van der Waals surface area (Å²) in [6.07, 6.45) is -6.96. The van der Waals surface area contributed by atoms with Crippen molar-refractivity contribution >= 4 is 23.4 Å². The number of aliphatic hydroxyl groups is 1. The van der Waals surface area contributed by atoms with Crippen LogP contribution in [0, 0.1) is 18.6 Å². The number of hydrogen-bond donors (Lipinski definition) is 1. The van der Waals surface area contributed by atoms with Crippen LogP contribution in [-0.2, 0) is 27.9 Å². The first kappa shape index (κ1) is 25.7. The van der Waals surface area contributed by atoms with E-state index in [4.69, 9.17) is 15.7 Å². The molecule has 0 spiro atoms. The zero-order valence-corrected chi connectivity index (χ0v) is 29.3. The molecule has 1 amide bonds. The van der Waals surface area contributed by atoms with Crippen molar-refractivity contribution in [2.45, 2.75) is 50.3 Å². The number of methoxy groups -OCH3 is 1. The number of ether oxygens (including phenoxy) is 1. The number of aliphatic hydroxyl groups excluding tert-OH is 1. The average molecular weight is 764 g/mol. The van der Waals surface area contributed by atoms with Gasteiger partial charge in [-0.25, -0.2) is 8.78 Å². The molecule has 2 heterocycles. The standard InChI is InChI=1S/C41H42F5N3O3S/c1-27-6-15-36-34(22-27)37(50)23-39(53-26-31-4-3-5-35(42)40(31)43)49(36)25-38(51)48(33-16-18-47(19-17-33)20-21-52-2)24-28-7-9-29(10-8-28)30-11-13-32(14-12-30)41(44,45)46/h3-15,22-23,33,37,50H,16-21,24-26H2,1-2H3/i6D,15D,21D2,22D,23D,24D2,25D2,26D2. The second kappa shape index (κ2) is 16.8. The lowest BCUT2D eigenvalue weighted by Crippen LogP contribution is -2.50. The fraction of sp³-hybridized carbons (Fsp3) is 0.341. The van der Waals surface area contributed by atoms with E-state index in [0.29, 0.717) is 27.0 Å². The zero-order valence-electron chi connectivity index (χ0n) is 40.4. The van der Waals surface area contributed by atoms with Crippen LogP contribution in [0.1, 0.15) is 63.2 Å². The lowest BCUT2D eigenvalue weighted by atomic mass is 9.99. The van der Waals surface area contributed by atoms with Gasteiger partial charge in [-0.3, -0.25) is 4.79 Å². The van der Waals surface area contributed by atoms with Gasteiger partial charge in [0.2, 0.25) is 5.91 Å². The van der Waals surface area contributed by atoms with Crippen LogP contribution < -0.4 is 4.90 Å². The number of thioether (sulfide) groups is 1. The molecule has 0 aliphatic carbocycles. The maximum Gasteiger partial charge on any atom is 0.416 e. The molecule has 1 fully saturated rings. The van der Waals surface area contributed by atoms with Crippen LogP contribution in [0.3, 0.4) is 0 Å². The number of amides is 1. The van der Waals surface area contributed by atoms with Crippen LogP contribution in [0.15, 0.2) is 95.9 Å². The molecular formula is C41H42F5N3O3S. The second-order valence-corrected chi connectivity index (χ2v) is 13.0. The third kappa shape index (κ3) is 9.29. The summed E-state index contributed by atoms with van der Waals surface area (Å²) in [6, 6.07) is 7.59. The fourth-order valence-corrected chi connectivity index (χ4v) is 6.55. The fourth-order valence-electron chi connectivity index (χ4n) is 5.79. The molecule has 2 aliphatic heterocycles. The van der Waals surface area contributed by atoms with E-state index in [0.717, 1.165) is 24.3 Å². The Morgan fingerprint density at radius 3 is 2.38 bits per heavy atom. The Morgan fingerprint density at radius 1 is 1.04 bits per heavy atom. The Hall–Kier alpha value is -4.23. The SMILES string of the molecule is [2H]C1=C(SC([2H])([2H])c2cccc(F)c2F)N(C([2H])([2H])C(=O)N(C2CCN(CC([2H])([2H])OC)CC2)C([2H])([2H])c2ccc(-c3ccc(C(F)(F)F)cc3)cc2)c2c([2H])c([2H])c(C)c([2H])c2C1O. The van der Waals surface area contributed by atoms with E-state index in [1.165, 1.54) is 50.4 Å². The molecule has 1 N–H and O–H groups in total. The number of carbonyl (C=O) groups is 1. The predicted molar refractivity (Wildman–Crippen MR) is 198 cm³/mol. The van der Waals surface area contributed by atoms with E-state index in [1.54, 1.807) is 4.90 Å². The molecule has 0 saturated carbocycles. The van der Waals surface area contributed by atoms with Crippen molar-refractivity contribution in [3.05, 3.63) is 135 Å². The number of hydrogen-bond acceptors (Lipinski definition) is 6. The smallest absolute Gasteiger partial charge is 0.384 e. The van der Waals surface area contributed by atoms with Crippen molar-refractivity contribution in [1.82, 2.24) is 9.80 Å². The van der Waals surface area contributed by atoms with Crippen LogP contribution >= 0.6 is 11.8 Å². The minimum absolute atomic E-state index is 0.0415. The highest BCUT2D eigenvalue weighted by Gasteiger charge is 2.33. The summed E-state index contributed by atoms with van der Waals surface area (Å²) in [6.45, 7) is -7.65. The van der Waals surface area contributed by atoms with Crippen LogP contribution in [0.4, 0.5) is 27.6 Å². The number of carbonyl (C=O) groups excluding carboxylic acids is 1. The highest BCUT2D eigenvalue weighted by Crippen LogP contribution is 2.41. The first-order valence-corrected chi connectivity index (χ1v) is 17.2. The summed E-state index contributed by atoms with van der Waals surface area (Å²) in [5, 5.41) is 10.6. The summed E-state index contributed by atoms with van der Waals surface area (Å²) >= 11 is -0.130. The maximum absolute atomic E-state index is 15.3. The van der Waals surface area contributed by atoms with E-state index in [9.17, 15) is 28.2 Å². The van der Waals surface area contributed by atoms with E-state index in [1.807, 2.05) is 0 Å². The van der Waals surface area contributed by atoms with Gasteiger partial charge in [0.1, 0.15) is 12.6 Å². The lowest BCUT2D eigenvalue weighted by molar-refractivity contribution is -0.137. The number of piperidine rings is 1. The molecule has 12 heteroatoms. The third-order valence-electron chi connectivity index (χ3n) is 8.58. The summed E-state index contributed by atoms with van der Waals surface area (Å²) in [5.41, 5.74) is -6.09. The number of likely N-dealkylation sites (tertiary alicyclic amines) is 1. The molecule has 0 radical (unpaired) electrons. The first-order valence-electron chi connectivity index (χ1n) is 22.4. The number of anilines is 1. The van der Waals surface area contributed by atoms with Gasteiger partial charge >= 0.3 is 6.18 Å². The molecule has 2 aliphatic rings. The number of fused-ring (bicyclic) bond motifs is 1. The van der Waals surface area contributed by atoms with Crippen molar-refractivity contribution in [3.63, 3.8) is 0 Å². The highest BCUT2D eigenvalue weighted by molar-refractivity contribution is 8.02. The molecule has 6 rings (SSSR count). The topological polar surface area (TPSA) is 56.3 Å². The van der Waals surface area contributed by atoms with Gasteiger partial charge in [-0.1, -0.05) is 66.2 Å². The average Bonchev–Trinajstić information content (AvgIpc) is 3.24. The summed E-state index contributed by atoms with van der Waals surface area (Å²) in [7, 11) is 1.17. The normalized spacial score (nSPS) is 21.3. The molecule has 6 nitrogen and oxygen atoms in total. The molecule has 1 unspecified atom stereocenters. The Labute approximate surface area is 327 Å². The molecule has 53 heavy (non-hydrogen) atoms. The van der Waals surface area contributed by atoms with E-state index < -0.39 is 113 Å². The number of halogens is 5. The van der Waals surface area contributed by atoms with Gasteiger partial charge in [-0.05, 0) is 66.7 Å². The van der Waals surface area contributed by atoms with Crippen molar-refractivity contribution < 1.29 is 53.0 Å². The largest absolute Gasteiger partial charge is 0.416 e. The molecule has 1 atom stereocenters. The van der Waals surface area contributed by atoms with Gasteiger partial charge in [0.25, 0.3) is 0 Å². The molecule has 1 saturated heterocycles. The van der Waals surface area contributed by atoms with Crippen molar-refractivity contribution in [2.24, 2.45) is 0 Å². The van der Waals surface area contributed by atoms with E-state index >= 15 is 9.18 Å². The first-order chi connectivity index (χ1) is 30.1. The number of rotatable bonds is 12. The number of benzene rings is 4. The van der Waals surface area contributed by atoms with Crippen LogP contribution in [-0.4, -0.2) is 66.7 Å². The van der Waals surface area contributed by atoms with Crippen LogP contribution in [0.2, 0.25) is 0 Å². The Balaban J connectivity index is 1.50. The molecule has 4 aromatic rings. The van der Waals surface area contributed by atoms with E-state index in [2.05, 4.69) is 0 Å². The summed E-state index contributed by atoms with van der Waals surface area (Å²) < 4.78 is 182. The van der Waals surface area contributed by atoms with Crippen LogP contribution in [0.5, 0.6) is 0 Å². The van der Waals surface area contributed by atoms with Crippen molar-refractivity contribution in [2.75, 3.05) is 44.7 Å². The Kier molecular flexibility index (Phi) is 8.18. The van der Waals surface area contributed by atoms with Gasteiger partial charge in [-0.2, -0.15) is 13.2 Å². The minimum Gasteiger partial charge on any atom is -0.384 e. The maximum atomic E-state index is 15.3. The summed E-state index contributed by atoms with van der Waals surface area (Å²) in [4.78, 5) is 17.9. The van der Waals surface area contributed by atoms with Gasteiger partial charge in [0, 0.05) is 64.5 Å². The van der Waals surface area contributed by atoms with Gasteiger partial charge < -0.3 is 24.5 Å². The Morgan fingerprint density at radius 2 is 1.72 bits per heavy atom. The highest BCUT2D eigenvalue weighted by atomic mass is 32.2. The van der Waals surface area contributed by atoms with Crippen molar-refractivity contribution in [1.29, 1.82) is 0 Å². The number of alkyl halides is 3. The minimum atomic E-state index is -4.60. The zero-order chi connectivity index (χ0) is 48.4. The predicted octanol–water partition coefficient (Wildman–Crippen LogP) is 8.73. The third-order valence-corrected chi connectivity index (χ3v) is 9.39. The van der Waals surface area contributed by atoms with E-state index in [-0.39, 0.29) is 55.4 Å². The molecule has 0 bridgehead atoms. The monoisotopic (exact) mass is 763 g/mol. The quantitative estimate of drug-likeness (QED) is 0.146. The Bertz CT molecular complexity index is 2490. The lowest BCUT2D eigenvalue weighted by Gasteiger charge is -2.40. The molecule has 4 aromatic carbocycles. The van der Waals surface area contributed by atoms with Gasteiger partial charge in [0.05, 0.1) is 30.9 Å².